The molecule has 1 saturated heterocycles. The van der Waals surface area contributed by atoms with E-state index in [4.69, 9.17) is 0 Å². The third-order valence-corrected chi connectivity index (χ3v) is 3.00. The van der Waals surface area contributed by atoms with Crippen molar-refractivity contribution in [3.8, 4) is 5.75 Å². The second-order valence-electron chi connectivity index (χ2n) is 4.17. The van der Waals surface area contributed by atoms with Crippen molar-refractivity contribution in [2.75, 3.05) is 13.1 Å². The topological polar surface area (TPSA) is 32.3 Å². The van der Waals surface area contributed by atoms with Crippen molar-refractivity contribution >= 4 is 0 Å². The molecule has 0 aliphatic carbocycles. The van der Waals surface area contributed by atoms with E-state index in [9.17, 15) is 9.50 Å². The summed E-state index contributed by atoms with van der Waals surface area (Å²) in [6.45, 7) is 2.04. The summed E-state index contributed by atoms with van der Waals surface area (Å²) in [7, 11) is 0. The summed E-state index contributed by atoms with van der Waals surface area (Å²) in [5, 5.41) is 12.6. The highest BCUT2D eigenvalue weighted by atomic mass is 19.1. The first-order valence-corrected chi connectivity index (χ1v) is 5.44. The van der Waals surface area contributed by atoms with Gasteiger partial charge >= 0.3 is 0 Å². The molecule has 0 unspecified atom stereocenters. The molecule has 0 bridgehead atoms. The Balaban J connectivity index is 2.05. The highest BCUT2D eigenvalue weighted by Crippen LogP contribution is 2.22. The number of aromatic hydroxyl groups is 1. The monoisotopic (exact) mass is 209 g/mol. The van der Waals surface area contributed by atoms with Crippen molar-refractivity contribution in [2.45, 2.75) is 19.3 Å². The zero-order chi connectivity index (χ0) is 10.7. The van der Waals surface area contributed by atoms with Crippen molar-refractivity contribution in [2.24, 2.45) is 5.92 Å². The van der Waals surface area contributed by atoms with Gasteiger partial charge in [-0.2, -0.15) is 0 Å². The largest absolute Gasteiger partial charge is 0.508 e. The molecule has 1 aromatic carbocycles. The van der Waals surface area contributed by atoms with Crippen LogP contribution in [0.4, 0.5) is 4.39 Å². The van der Waals surface area contributed by atoms with Gasteiger partial charge in [-0.1, -0.05) is 0 Å². The Hall–Kier alpha value is -1.09. The molecule has 0 aromatic heterocycles. The number of benzene rings is 1. The van der Waals surface area contributed by atoms with Gasteiger partial charge in [-0.05, 0) is 62.0 Å². The number of hydrogen-bond acceptors (Lipinski definition) is 2. The van der Waals surface area contributed by atoms with Gasteiger partial charge in [-0.25, -0.2) is 4.39 Å². The van der Waals surface area contributed by atoms with Crippen molar-refractivity contribution < 1.29 is 9.50 Å². The Morgan fingerprint density at radius 3 is 2.80 bits per heavy atom. The highest BCUT2D eigenvalue weighted by Gasteiger charge is 2.15. The fourth-order valence-corrected chi connectivity index (χ4v) is 2.11. The van der Waals surface area contributed by atoms with Gasteiger partial charge in [-0.3, -0.25) is 0 Å². The molecule has 1 aliphatic heterocycles. The molecule has 0 amide bonds. The number of phenols is 1. The molecule has 82 valence electrons. The molecule has 2 N–H and O–H groups in total. The molecule has 1 fully saturated rings. The maximum atomic E-state index is 13.4. The summed E-state index contributed by atoms with van der Waals surface area (Å²) >= 11 is 0. The molecule has 1 heterocycles. The van der Waals surface area contributed by atoms with Crippen molar-refractivity contribution in [3.05, 3.63) is 29.6 Å². The van der Waals surface area contributed by atoms with Crippen LogP contribution < -0.4 is 5.32 Å². The Bertz CT molecular complexity index is 334. The van der Waals surface area contributed by atoms with Crippen LogP contribution in [0.1, 0.15) is 18.4 Å². The van der Waals surface area contributed by atoms with Crippen LogP contribution in [-0.2, 0) is 6.42 Å². The summed E-state index contributed by atoms with van der Waals surface area (Å²) in [4.78, 5) is 0. The molecule has 0 saturated carbocycles. The van der Waals surface area contributed by atoms with Gasteiger partial charge in [0.25, 0.3) is 0 Å². The first-order valence-electron chi connectivity index (χ1n) is 5.44. The molecule has 1 aromatic rings. The van der Waals surface area contributed by atoms with E-state index in [1.807, 2.05) is 0 Å². The SMILES string of the molecule is Oc1ccc(F)c(CC2CCNCC2)c1. The first kappa shape index (κ1) is 10.4. The smallest absolute Gasteiger partial charge is 0.126 e. The first-order chi connectivity index (χ1) is 7.25. The average Bonchev–Trinajstić information content (AvgIpc) is 2.25. The minimum atomic E-state index is -0.202. The summed E-state index contributed by atoms with van der Waals surface area (Å²) < 4.78 is 13.4. The number of piperidine rings is 1. The van der Waals surface area contributed by atoms with Crippen LogP contribution in [0.5, 0.6) is 5.75 Å². The highest BCUT2D eigenvalue weighted by molar-refractivity contribution is 5.28. The second-order valence-corrected chi connectivity index (χ2v) is 4.17. The molecule has 1 aliphatic rings. The molecule has 2 rings (SSSR count). The van der Waals surface area contributed by atoms with E-state index in [0.29, 0.717) is 11.5 Å². The number of nitrogens with one attached hydrogen (secondary N) is 1. The van der Waals surface area contributed by atoms with E-state index in [2.05, 4.69) is 5.32 Å². The molecule has 0 radical (unpaired) electrons. The summed E-state index contributed by atoms with van der Waals surface area (Å²) in [6, 6.07) is 4.27. The van der Waals surface area contributed by atoms with Crippen molar-refractivity contribution in [3.63, 3.8) is 0 Å². The molecule has 0 spiro atoms. The van der Waals surface area contributed by atoms with Gasteiger partial charge < -0.3 is 10.4 Å². The average molecular weight is 209 g/mol. The lowest BCUT2D eigenvalue weighted by molar-refractivity contribution is 0.367. The number of halogens is 1. The van der Waals surface area contributed by atoms with Crippen molar-refractivity contribution in [1.29, 1.82) is 0 Å². The molecule has 2 nitrogen and oxygen atoms in total. The maximum Gasteiger partial charge on any atom is 0.126 e. The van der Waals surface area contributed by atoms with Gasteiger partial charge in [0, 0.05) is 0 Å². The standard InChI is InChI=1S/C12H16FNO/c13-12-2-1-11(15)8-10(12)7-9-3-5-14-6-4-9/h1-2,8-9,14-15H,3-7H2. The molecular formula is C12H16FNO. The Kier molecular flexibility index (Phi) is 3.21. The second kappa shape index (κ2) is 4.62. The molecule has 15 heavy (non-hydrogen) atoms. The lowest BCUT2D eigenvalue weighted by Gasteiger charge is -2.22. The third kappa shape index (κ3) is 2.69. The van der Waals surface area contributed by atoms with Gasteiger partial charge in [-0.15, -0.1) is 0 Å². The number of phenolic OH excluding ortho intramolecular Hbond substituents is 1. The third-order valence-electron chi connectivity index (χ3n) is 3.00. The Morgan fingerprint density at radius 2 is 2.07 bits per heavy atom. The van der Waals surface area contributed by atoms with Gasteiger partial charge in [0.05, 0.1) is 0 Å². The molecule has 3 heteroatoms. The summed E-state index contributed by atoms with van der Waals surface area (Å²) in [5.41, 5.74) is 0.641. The normalized spacial score (nSPS) is 17.9. The van der Waals surface area contributed by atoms with Gasteiger partial charge in [0.2, 0.25) is 0 Å². The van der Waals surface area contributed by atoms with E-state index in [0.717, 1.165) is 32.4 Å². The quantitative estimate of drug-likeness (QED) is 0.781. The van der Waals surface area contributed by atoms with E-state index < -0.39 is 0 Å². The number of rotatable bonds is 2. The van der Waals surface area contributed by atoms with Gasteiger partial charge in [0.15, 0.2) is 0 Å². The van der Waals surface area contributed by atoms with E-state index in [-0.39, 0.29) is 11.6 Å². The van der Waals surface area contributed by atoms with Crippen LogP contribution in [0.15, 0.2) is 18.2 Å². The van der Waals surface area contributed by atoms with Crippen LogP contribution in [0.25, 0.3) is 0 Å². The Morgan fingerprint density at radius 1 is 1.33 bits per heavy atom. The molecule has 0 atom stereocenters. The van der Waals surface area contributed by atoms with Crippen LogP contribution in [0, 0.1) is 11.7 Å². The van der Waals surface area contributed by atoms with E-state index >= 15 is 0 Å². The lowest BCUT2D eigenvalue weighted by atomic mass is 9.91. The summed E-state index contributed by atoms with van der Waals surface area (Å²) in [6.07, 6.45) is 2.92. The van der Waals surface area contributed by atoms with E-state index in [1.165, 1.54) is 18.2 Å². The minimum Gasteiger partial charge on any atom is -0.508 e. The van der Waals surface area contributed by atoms with Crippen molar-refractivity contribution in [1.82, 2.24) is 5.32 Å². The van der Waals surface area contributed by atoms with Crippen LogP contribution in [-0.4, -0.2) is 18.2 Å². The van der Waals surface area contributed by atoms with E-state index in [1.54, 1.807) is 0 Å². The minimum absolute atomic E-state index is 0.153. The Labute approximate surface area is 89.1 Å². The summed E-state index contributed by atoms with van der Waals surface area (Å²) in [5.74, 6) is 0.495. The molecular weight excluding hydrogens is 193 g/mol. The van der Waals surface area contributed by atoms with Crippen LogP contribution in [0.2, 0.25) is 0 Å². The fraction of sp³-hybridized carbons (Fsp3) is 0.500. The predicted molar refractivity (Wildman–Crippen MR) is 57.4 cm³/mol. The zero-order valence-electron chi connectivity index (χ0n) is 8.67. The van der Waals surface area contributed by atoms with Crippen LogP contribution >= 0.6 is 0 Å². The maximum absolute atomic E-state index is 13.4. The van der Waals surface area contributed by atoms with Gasteiger partial charge in [0.1, 0.15) is 11.6 Å². The zero-order valence-corrected chi connectivity index (χ0v) is 8.67. The number of hydrogen-bond donors (Lipinski definition) is 2. The fourth-order valence-electron chi connectivity index (χ4n) is 2.11. The lowest BCUT2D eigenvalue weighted by Crippen LogP contribution is -2.28. The predicted octanol–water partition coefficient (Wildman–Crippen LogP) is 2.07. The van der Waals surface area contributed by atoms with Crippen LogP contribution in [0.3, 0.4) is 0 Å².